The van der Waals surface area contributed by atoms with E-state index in [1.165, 1.54) is 167 Å². The smallest absolute Gasteiger partial charge is 0.0465 e. The predicted molar refractivity (Wildman–Crippen MR) is 647 cm³/mol. The number of rotatable bonds is 20. The number of fused-ring (bicyclic) bond motifs is 6. The minimum Gasteiger partial charge on any atom is -0.399 e. The van der Waals surface area contributed by atoms with Crippen LogP contribution in [-0.2, 0) is 10.8 Å². The van der Waals surface area contributed by atoms with Gasteiger partial charge in [0.15, 0.2) is 0 Å². The summed E-state index contributed by atoms with van der Waals surface area (Å²) in [7, 11) is 0. The fraction of sp³-hybridized carbons (Fsp3) is 0.0417. The Balaban J connectivity index is 0.000000128. The molecule has 0 aromatic heterocycles. The molecule has 0 saturated heterocycles. The van der Waals surface area contributed by atoms with E-state index in [4.69, 9.17) is 5.73 Å². The zero-order valence-corrected chi connectivity index (χ0v) is 87.6. The van der Waals surface area contributed by atoms with Gasteiger partial charge in [0.25, 0.3) is 0 Å². The van der Waals surface area contributed by atoms with Crippen molar-refractivity contribution < 1.29 is 0 Å². The molecule has 0 spiro atoms. The Morgan fingerprint density at radius 2 is 0.387 bits per heavy atom. The Hall–Kier alpha value is -17.5. The summed E-state index contributed by atoms with van der Waals surface area (Å²) in [4.78, 5) is 2.40. The second-order valence-corrected chi connectivity index (χ2v) is 40.1. The summed E-state index contributed by atoms with van der Waals surface area (Å²) in [6.07, 6.45) is 0. The number of nitrogen functional groups attached to an aromatic ring is 1. The van der Waals surface area contributed by atoms with Gasteiger partial charge in [0.2, 0.25) is 0 Å². The van der Waals surface area contributed by atoms with Gasteiger partial charge in [-0.15, -0.1) is 0 Å². The molecule has 0 fully saturated rings. The predicted octanol–water partition coefficient (Wildman–Crippen LogP) is 39.0. The highest BCUT2D eigenvalue weighted by Gasteiger charge is 2.37. The zero-order chi connectivity index (χ0) is 102. The van der Waals surface area contributed by atoms with Crippen LogP contribution in [0.1, 0.15) is 117 Å². The van der Waals surface area contributed by atoms with E-state index >= 15 is 0 Å². The molecule has 2 aliphatic carbocycles. The number of anilines is 6. The molecule has 24 rings (SSSR count). The van der Waals surface area contributed by atoms with Crippen molar-refractivity contribution in [2.24, 2.45) is 0 Å². The first-order valence-electron chi connectivity index (χ1n) is 50.8. The number of hydrogen-bond donors (Lipinski definition) is 2. The quantitative estimate of drug-likeness (QED) is 0.0454. The maximum Gasteiger partial charge on any atom is 0.0465 e. The molecular formula is C144H113BBr2N3. The lowest BCUT2D eigenvalue weighted by Crippen LogP contribution is -2.16. The van der Waals surface area contributed by atoms with E-state index in [0.717, 1.165) is 54.2 Å². The van der Waals surface area contributed by atoms with Crippen LogP contribution < -0.4 is 16.0 Å². The molecule has 0 heterocycles. The first-order chi connectivity index (χ1) is 73.2. The normalized spacial score (nSPS) is 11.6. The van der Waals surface area contributed by atoms with Gasteiger partial charge in [-0.25, -0.2) is 0 Å². The molecule has 0 saturated carbocycles. The standard InChI is InChI=1S/C53H41N.C38H29N.C26H21N.C15H13Br.C12H9Br.B/c1-53(2)49-26-16-15-25-47(49)48-36-35-46(37-50(48)53)54(44-31-27-39(28-32-44)38-17-7-3-8-18-38)45-33-29-43(30-34-45)52(42-23-13-6-14-24-42)51(40-19-9-4-10-20-40)41-21-11-5-12-22-41;1-5-13-29(14-6-1)30-21-25-35(26-22-30)39-36-27-23-34(24-28-36)38(33-19-11-4-12-20-33)37(31-15-7-2-8-16-31)32-17-9-3-10-18-32;27-24-18-16-23(17-19-24)26(22-14-8-3-9-15-22)25(20-10-4-1-5-11-20)21-12-6-2-7-13-21;1-15(2)13-6-4-3-5-11(13)12-8-7-10(16)9-14(12)15;13-12-8-6-11(7-9-12)10-4-2-1-3-5-10;/h3-37H,1-2H3;1-28,39H;1-19H,27H2;3-9H,1-2H3;1-9H;. The number of nitrogens with one attached hydrogen (secondary N) is 1. The number of benzene rings is 22. The topological polar surface area (TPSA) is 41.3 Å². The first kappa shape index (κ1) is 101. The Morgan fingerprint density at radius 3 is 0.693 bits per heavy atom. The summed E-state index contributed by atoms with van der Waals surface area (Å²) >= 11 is 6.98. The van der Waals surface area contributed by atoms with E-state index in [9.17, 15) is 0 Å². The summed E-state index contributed by atoms with van der Waals surface area (Å²) in [5, 5.41) is 3.57. The van der Waals surface area contributed by atoms with E-state index in [1.54, 1.807) is 0 Å². The molecule has 3 nitrogen and oxygen atoms in total. The van der Waals surface area contributed by atoms with Crippen molar-refractivity contribution in [2.45, 2.75) is 38.5 Å². The van der Waals surface area contributed by atoms with Crippen molar-refractivity contribution in [3.05, 3.63) is 692 Å². The van der Waals surface area contributed by atoms with E-state index in [1.807, 2.05) is 24.3 Å². The van der Waals surface area contributed by atoms with Gasteiger partial charge in [0, 0.05) is 62.3 Å². The fourth-order valence-electron chi connectivity index (χ4n) is 20.5. The minimum absolute atomic E-state index is 0. The highest BCUT2D eigenvalue weighted by Crippen LogP contribution is 2.53. The van der Waals surface area contributed by atoms with Crippen LogP contribution in [0.25, 0.3) is 89.1 Å². The van der Waals surface area contributed by atoms with Crippen molar-refractivity contribution in [3.63, 3.8) is 0 Å². The molecule has 0 unspecified atom stereocenters. The minimum atomic E-state index is -0.102. The largest absolute Gasteiger partial charge is 0.399 e. The van der Waals surface area contributed by atoms with Crippen LogP contribution in [0.3, 0.4) is 0 Å². The fourth-order valence-corrected chi connectivity index (χ4v) is 21.2. The maximum atomic E-state index is 5.95. The molecular weight excluding hydrogens is 1940 g/mol. The zero-order valence-electron chi connectivity index (χ0n) is 84.4. The third-order valence-corrected chi connectivity index (χ3v) is 29.0. The number of hydrogen-bond acceptors (Lipinski definition) is 3. The van der Waals surface area contributed by atoms with Crippen LogP contribution in [0.15, 0.2) is 603 Å². The van der Waals surface area contributed by atoms with Crippen LogP contribution in [0.4, 0.5) is 34.1 Å². The van der Waals surface area contributed by atoms with Gasteiger partial charge < -0.3 is 16.0 Å². The van der Waals surface area contributed by atoms with Crippen molar-refractivity contribution in [1.29, 1.82) is 0 Å². The lowest BCUT2D eigenvalue weighted by molar-refractivity contribution is 0.660. The SMILES string of the molecule is Brc1ccc(-c2ccccc2)cc1.CC1(C)c2ccccc2-c2ccc(Br)cc21.CC1(C)c2ccccc2-c2ccc(N(c3ccc(C(=C(c4ccccc4)c4ccccc4)c4ccccc4)cc3)c3ccc(-c4ccccc4)cc3)cc21.Nc1ccc(C(=C(c2ccccc2)c2ccccc2)c2ccccc2)cc1.[B].c1ccc(C(=C(c2ccccc2)c2ccc(Nc3ccc(-c4ccccc4)cc3)cc2)c2ccccc2)cc1. The lowest BCUT2D eigenvalue weighted by Gasteiger charge is -2.28. The third kappa shape index (κ3) is 23.3. The Kier molecular flexibility index (Phi) is 32.2. The number of nitrogens with zero attached hydrogens (tertiary/aromatic N) is 1. The molecule has 0 amide bonds. The summed E-state index contributed by atoms with van der Waals surface area (Å²) in [5.74, 6) is 0. The summed E-state index contributed by atoms with van der Waals surface area (Å²) in [6, 6.07) is 211. The van der Waals surface area contributed by atoms with Crippen molar-refractivity contribution >= 4 is 108 Å². The summed E-state index contributed by atoms with van der Waals surface area (Å²) in [5.41, 5.74) is 52.1. The van der Waals surface area contributed by atoms with Gasteiger partial charge in [-0.3, -0.25) is 0 Å². The summed E-state index contributed by atoms with van der Waals surface area (Å²) in [6.45, 7) is 9.29. The molecule has 0 aliphatic heterocycles. The molecule has 6 heteroatoms. The molecule has 150 heavy (non-hydrogen) atoms. The Morgan fingerprint density at radius 1 is 0.187 bits per heavy atom. The molecule has 0 bridgehead atoms. The molecule has 3 radical (unpaired) electrons. The number of halogens is 2. The van der Waals surface area contributed by atoms with Gasteiger partial charge in [-0.1, -0.05) is 557 Å². The van der Waals surface area contributed by atoms with E-state index in [2.05, 4.69) is 640 Å². The number of nitrogens with two attached hydrogens (primary N) is 1. The van der Waals surface area contributed by atoms with Crippen LogP contribution in [0.5, 0.6) is 0 Å². The Bertz CT molecular complexity index is 8190. The molecule has 3 N–H and O–H groups in total. The van der Waals surface area contributed by atoms with E-state index < -0.39 is 0 Å². The van der Waals surface area contributed by atoms with Crippen molar-refractivity contribution in [3.8, 4) is 55.6 Å². The third-order valence-electron chi connectivity index (χ3n) is 27.9. The van der Waals surface area contributed by atoms with Gasteiger partial charge in [0.05, 0.1) is 0 Å². The monoisotopic (exact) mass is 2050 g/mol. The Labute approximate surface area is 903 Å². The van der Waals surface area contributed by atoms with Gasteiger partial charge in [-0.2, -0.15) is 0 Å². The molecule has 22 aromatic rings. The summed E-state index contributed by atoms with van der Waals surface area (Å²) < 4.78 is 2.28. The van der Waals surface area contributed by atoms with Gasteiger partial charge in [-0.05, 0) is 275 Å². The average Bonchev–Trinajstić information content (AvgIpc) is 1.57. The first-order valence-corrected chi connectivity index (χ1v) is 52.4. The highest BCUT2D eigenvalue weighted by atomic mass is 79.9. The maximum absolute atomic E-state index is 5.95. The van der Waals surface area contributed by atoms with Crippen LogP contribution in [-0.4, -0.2) is 8.41 Å². The lowest BCUT2D eigenvalue weighted by atomic mass is 9.82. The average molecular weight is 2060 g/mol. The molecule has 22 aromatic carbocycles. The highest BCUT2D eigenvalue weighted by molar-refractivity contribution is 9.10. The van der Waals surface area contributed by atoms with Crippen molar-refractivity contribution in [2.75, 3.05) is 16.0 Å². The second kappa shape index (κ2) is 47.8. The molecule has 2 aliphatic rings. The van der Waals surface area contributed by atoms with Crippen LogP contribution >= 0.6 is 31.9 Å². The van der Waals surface area contributed by atoms with Crippen LogP contribution in [0, 0.1) is 0 Å². The molecule has 0 atom stereocenters. The van der Waals surface area contributed by atoms with E-state index in [-0.39, 0.29) is 19.2 Å². The van der Waals surface area contributed by atoms with Gasteiger partial charge in [0.1, 0.15) is 0 Å². The van der Waals surface area contributed by atoms with Gasteiger partial charge >= 0.3 is 0 Å². The van der Waals surface area contributed by atoms with Crippen LogP contribution in [0.2, 0.25) is 0 Å². The van der Waals surface area contributed by atoms with Crippen molar-refractivity contribution in [1.82, 2.24) is 0 Å². The van der Waals surface area contributed by atoms with E-state index in [0.29, 0.717) is 0 Å². The molecule has 721 valence electrons. The second-order valence-electron chi connectivity index (χ2n) is 38.2.